The number of halogens is 2. The third kappa shape index (κ3) is 3.41. The highest BCUT2D eigenvalue weighted by Crippen LogP contribution is 2.32. The number of hydrogen-bond acceptors (Lipinski definition) is 4. The molecule has 26 heavy (non-hydrogen) atoms. The van der Waals surface area contributed by atoms with Gasteiger partial charge in [0.2, 0.25) is 0 Å². The number of ether oxygens (including phenoxy) is 1. The van der Waals surface area contributed by atoms with Crippen molar-refractivity contribution >= 4 is 46.4 Å². The summed E-state index contributed by atoms with van der Waals surface area (Å²) in [6.45, 7) is 4.29. The molecule has 0 saturated carbocycles. The van der Waals surface area contributed by atoms with Crippen LogP contribution < -0.4 is 15.0 Å². The molecule has 0 aromatic heterocycles. The first kappa shape index (κ1) is 18.3. The second-order valence-corrected chi connectivity index (χ2v) is 6.44. The lowest BCUT2D eigenvalue weighted by Crippen LogP contribution is -2.32. The number of imide groups is 1. The summed E-state index contributed by atoms with van der Waals surface area (Å²) >= 11 is 12.2. The van der Waals surface area contributed by atoms with Crippen molar-refractivity contribution in [1.82, 2.24) is 0 Å². The quantitative estimate of drug-likeness (QED) is 0.764. The Bertz CT molecular complexity index is 908. The molecule has 2 aromatic rings. The first-order chi connectivity index (χ1) is 12.4. The van der Waals surface area contributed by atoms with Gasteiger partial charge < -0.3 is 10.1 Å². The molecule has 0 saturated heterocycles. The van der Waals surface area contributed by atoms with Gasteiger partial charge >= 0.3 is 0 Å². The van der Waals surface area contributed by atoms with Crippen molar-refractivity contribution in [2.24, 2.45) is 0 Å². The Morgan fingerprint density at radius 3 is 2.35 bits per heavy atom. The van der Waals surface area contributed by atoms with Gasteiger partial charge in [-0.25, -0.2) is 4.90 Å². The van der Waals surface area contributed by atoms with E-state index in [-0.39, 0.29) is 10.7 Å². The third-order valence-electron chi connectivity index (χ3n) is 3.88. The van der Waals surface area contributed by atoms with E-state index in [2.05, 4.69) is 5.32 Å². The molecule has 2 amide bonds. The molecule has 0 fully saturated rings. The number of carbonyl (C=O) groups excluding carboxylic acids is 2. The fraction of sp³-hybridized carbons (Fsp3) is 0.158. The fourth-order valence-corrected chi connectivity index (χ4v) is 2.90. The van der Waals surface area contributed by atoms with Crippen LogP contribution in [0.3, 0.4) is 0 Å². The molecular weight excluding hydrogens is 375 g/mol. The van der Waals surface area contributed by atoms with E-state index in [1.165, 1.54) is 0 Å². The average Bonchev–Trinajstić information content (AvgIpc) is 2.83. The molecule has 0 radical (unpaired) electrons. The van der Waals surface area contributed by atoms with E-state index < -0.39 is 11.8 Å². The lowest BCUT2D eigenvalue weighted by atomic mass is 10.2. The zero-order valence-electron chi connectivity index (χ0n) is 14.2. The van der Waals surface area contributed by atoms with Crippen LogP contribution in [-0.4, -0.2) is 18.4 Å². The van der Waals surface area contributed by atoms with Gasteiger partial charge in [0.25, 0.3) is 11.8 Å². The molecule has 1 aliphatic rings. The van der Waals surface area contributed by atoms with Crippen LogP contribution in [0.4, 0.5) is 11.4 Å². The molecule has 7 heteroatoms. The van der Waals surface area contributed by atoms with Gasteiger partial charge in [-0.2, -0.15) is 0 Å². The number of nitrogens with zero attached hydrogens (tertiary/aromatic N) is 1. The highest BCUT2D eigenvalue weighted by Gasteiger charge is 2.39. The number of amides is 2. The molecular formula is C19H16Cl2N2O3. The number of carbonyl (C=O) groups is 2. The van der Waals surface area contributed by atoms with Gasteiger partial charge in [-0.15, -0.1) is 0 Å². The molecule has 5 nitrogen and oxygen atoms in total. The topological polar surface area (TPSA) is 58.6 Å². The van der Waals surface area contributed by atoms with Gasteiger partial charge in [0.1, 0.15) is 16.5 Å². The summed E-state index contributed by atoms with van der Waals surface area (Å²) in [5.74, 6) is -0.415. The van der Waals surface area contributed by atoms with Crippen molar-refractivity contribution in [3.63, 3.8) is 0 Å². The van der Waals surface area contributed by atoms with Gasteiger partial charge in [-0.1, -0.05) is 29.3 Å². The van der Waals surface area contributed by atoms with Crippen LogP contribution in [0.5, 0.6) is 5.75 Å². The molecule has 1 aliphatic heterocycles. The zero-order valence-corrected chi connectivity index (χ0v) is 15.7. The van der Waals surface area contributed by atoms with Crippen molar-refractivity contribution in [2.45, 2.75) is 13.8 Å². The van der Waals surface area contributed by atoms with E-state index in [0.717, 1.165) is 10.5 Å². The van der Waals surface area contributed by atoms with Crippen LogP contribution in [-0.2, 0) is 9.59 Å². The summed E-state index contributed by atoms with van der Waals surface area (Å²) in [5.41, 5.74) is 1.86. The maximum absolute atomic E-state index is 12.7. The van der Waals surface area contributed by atoms with Gasteiger partial charge in [-0.3, -0.25) is 9.59 Å². The Morgan fingerprint density at radius 2 is 1.73 bits per heavy atom. The second kappa shape index (κ2) is 7.40. The minimum absolute atomic E-state index is 0.0255. The lowest BCUT2D eigenvalue weighted by Gasteiger charge is -2.16. The van der Waals surface area contributed by atoms with Crippen LogP contribution in [0.1, 0.15) is 12.5 Å². The number of rotatable bonds is 5. The predicted molar refractivity (Wildman–Crippen MR) is 103 cm³/mol. The summed E-state index contributed by atoms with van der Waals surface area (Å²) in [4.78, 5) is 26.2. The number of anilines is 2. The van der Waals surface area contributed by atoms with E-state index >= 15 is 0 Å². The van der Waals surface area contributed by atoms with Crippen molar-refractivity contribution in [1.29, 1.82) is 0 Å². The van der Waals surface area contributed by atoms with E-state index in [1.807, 2.05) is 13.8 Å². The molecule has 0 aliphatic carbocycles. The van der Waals surface area contributed by atoms with Gasteiger partial charge in [-0.05, 0) is 55.8 Å². The molecule has 0 unspecified atom stereocenters. The van der Waals surface area contributed by atoms with Crippen molar-refractivity contribution in [3.05, 3.63) is 63.8 Å². The summed E-state index contributed by atoms with van der Waals surface area (Å²) < 4.78 is 5.38. The summed E-state index contributed by atoms with van der Waals surface area (Å²) in [7, 11) is 0. The van der Waals surface area contributed by atoms with Crippen molar-refractivity contribution in [2.75, 3.05) is 16.8 Å². The smallest absolute Gasteiger partial charge is 0.283 e. The van der Waals surface area contributed by atoms with E-state index in [1.54, 1.807) is 42.5 Å². The van der Waals surface area contributed by atoms with Gasteiger partial charge in [0.15, 0.2) is 0 Å². The number of nitrogens with one attached hydrogen (secondary N) is 1. The van der Waals surface area contributed by atoms with Crippen molar-refractivity contribution < 1.29 is 14.3 Å². The van der Waals surface area contributed by atoms with Crippen LogP contribution >= 0.6 is 23.2 Å². The molecule has 1 N–H and O–H groups in total. The molecule has 2 aromatic carbocycles. The number of benzene rings is 2. The van der Waals surface area contributed by atoms with Crippen LogP contribution in [0.15, 0.2) is 53.2 Å². The van der Waals surface area contributed by atoms with Crippen LogP contribution in [0, 0.1) is 6.92 Å². The standard InChI is InChI=1S/C19H16Cl2N2O3/c1-3-26-14-8-5-12(6-9-14)22-17-16(21)18(24)23(19(17)25)13-7-4-11(2)15(20)10-13/h4-10,22H,3H2,1-2H3. The summed E-state index contributed by atoms with van der Waals surface area (Å²) in [6, 6.07) is 12.0. The van der Waals surface area contributed by atoms with Crippen LogP contribution in [0.2, 0.25) is 5.02 Å². The average molecular weight is 391 g/mol. The molecule has 1 heterocycles. The molecule has 0 bridgehead atoms. The Labute approximate surface area is 161 Å². The number of hydrogen-bond donors (Lipinski definition) is 1. The predicted octanol–water partition coefficient (Wildman–Crippen LogP) is 4.48. The number of aryl methyl sites for hydroxylation is 1. The fourth-order valence-electron chi connectivity index (χ4n) is 2.51. The minimum Gasteiger partial charge on any atom is -0.494 e. The maximum Gasteiger partial charge on any atom is 0.283 e. The highest BCUT2D eigenvalue weighted by molar-refractivity contribution is 6.53. The first-order valence-corrected chi connectivity index (χ1v) is 8.72. The summed E-state index contributed by atoms with van der Waals surface area (Å²) in [5, 5.41) is 3.21. The van der Waals surface area contributed by atoms with Crippen molar-refractivity contribution in [3.8, 4) is 5.75 Å². The lowest BCUT2D eigenvalue weighted by molar-refractivity contribution is -0.120. The Balaban J connectivity index is 1.85. The second-order valence-electron chi connectivity index (χ2n) is 5.65. The molecule has 0 atom stereocenters. The monoisotopic (exact) mass is 390 g/mol. The first-order valence-electron chi connectivity index (χ1n) is 7.97. The largest absolute Gasteiger partial charge is 0.494 e. The van der Waals surface area contributed by atoms with E-state index in [0.29, 0.717) is 28.8 Å². The van der Waals surface area contributed by atoms with Gasteiger partial charge in [0.05, 0.1) is 12.3 Å². The molecule has 0 spiro atoms. The van der Waals surface area contributed by atoms with Gasteiger partial charge in [0, 0.05) is 10.7 Å². The molecule has 134 valence electrons. The normalized spacial score (nSPS) is 14.2. The molecule has 3 rings (SSSR count). The Morgan fingerprint density at radius 1 is 1.04 bits per heavy atom. The maximum atomic E-state index is 12.7. The van der Waals surface area contributed by atoms with E-state index in [4.69, 9.17) is 27.9 Å². The Hall–Kier alpha value is -2.50. The highest BCUT2D eigenvalue weighted by atomic mass is 35.5. The summed E-state index contributed by atoms with van der Waals surface area (Å²) in [6.07, 6.45) is 0. The zero-order chi connectivity index (χ0) is 18.8. The minimum atomic E-state index is -0.593. The third-order valence-corrected chi connectivity index (χ3v) is 4.63. The Kier molecular flexibility index (Phi) is 5.20. The SMILES string of the molecule is CCOc1ccc(NC2=C(Cl)C(=O)N(c3ccc(C)c(Cl)c3)C2=O)cc1. The van der Waals surface area contributed by atoms with E-state index in [9.17, 15) is 9.59 Å². The van der Waals surface area contributed by atoms with Crippen LogP contribution in [0.25, 0.3) is 0 Å².